The van der Waals surface area contributed by atoms with Crippen molar-refractivity contribution in [2.24, 2.45) is 0 Å². The molecular formula is C23H26N2O5. The molecule has 0 aliphatic heterocycles. The van der Waals surface area contributed by atoms with Crippen molar-refractivity contribution in [2.45, 2.75) is 44.7 Å². The van der Waals surface area contributed by atoms with Gasteiger partial charge in [0.05, 0.1) is 6.42 Å². The number of alkyl carbamates (subject to hydrolysis) is 1. The average molecular weight is 410 g/mol. The minimum Gasteiger partial charge on any atom is -0.481 e. The molecule has 1 aliphatic rings. The van der Waals surface area contributed by atoms with E-state index in [2.05, 4.69) is 22.8 Å². The van der Waals surface area contributed by atoms with Gasteiger partial charge in [-0.15, -0.1) is 0 Å². The van der Waals surface area contributed by atoms with E-state index in [1.807, 2.05) is 36.4 Å². The molecule has 1 aliphatic carbocycles. The molecular weight excluding hydrogens is 384 g/mol. The maximum atomic E-state index is 12.3. The molecule has 7 heteroatoms. The summed E-state index contributed by atoms with van der Waals surface area (Å²) in [7, 11) is 0. The van der Waals surface area contributed by atoms with Crippen LogP contribution in [-0.2, 0) is 14.3 Å². The molecule has 0 saturated carbocycles. The number of aliphatic carboxylic acids is 1. The van der Waals surface area contributed by atoms with Gasteiger partial charge in [0.25, 0.3) is 0 Å². The summed E-state index contributed by atoms with van der Waals surface area (Å²) in [5, 5.41) is 14.0. The monoisotopic (exact) mass is 410 g/mol. The van der Waals surface area contributed by atoms with Crippen LogP contribution in [0.3, 0.4) is 0 Å². The second-order valence-electron chi connectivity index (χ2n) is 7.40. The van der Waals surface area contributed by atoms with Crippen LogP contribution in [0.5, 0.6) is 0 Å². The van der Waals surface area contributed by atoms with Gasteiger partial charge in [0, 0.05) is 12.0 Å². The fourth-order valence-electron chi connectivity index (χ4n) is 3.72. The van der Waals surface area contributed by atoms with Crippen LogP contribution in [0.15, 0.2) is 48.5 Å². The van der Waals surface area contributed by atoms with Crippen molar-refractivity contribution >= 4 is 18.0 Å². The number of rotatable bonds is 8. The molecule has 0 radical (unpaired) electrons. The summed E-state index contributed by atoms with van der Waals surface area (Å²) in [5.41, 5.74) is 4.49. The van der Waals surface area contributed by atoms with Gasteiger partial charge in [0.1, 0.15) is 12.6 Å². The number of ether oxygens (including phenoxy) is 1. The van der Waals surface area contributed by atoms with E-state index in [1.54, 1.807) is 6.92 Å². The van der Waals surface area contributed by atoms with Crippen molar-refractivity contribution in [3.05, 3.63) is 59.7 Å². The van der Waals surface area contributed by atoms with Crippen LogP contribution in [0.25, 0.3) is 11.1 Å². The molecule has 2 unspecified atom stereocenters. The summed E-state index contributed by atoms with van der Waals surface area (Å²) < 4.78 is 5.43. The first-order valence-electron chi connectivity index (χ1n) is 10.0. The van der Waals surface area contributed by atoms with Crippen LogP contribution in [-0.4, -0.2) is 41.8 Å². The third-order valence-corrected chi connectivity index (χ3v) is 5.33. The second kappa shape index (κ2) is 9.43. The number of fused-ring (bicyclic) bond motifs is 3. The molecule has 7 nitrogen and oxygen atoms in total. The summed E-state index contributed by atoms with van der Waals surface area (Å²) >= 11 is 0. The zero-order valence-electron chi connectivity index (χ0n) is 17.1. The van der Waals surface area contributed by atoms with Crippen molar-refractivity contribution in [1.82, 2.24) is 10.6 Å². The number of benzene rings is 2. The summed E-state index contributed by atoms with van der Waals surface area (Å²) in [6.45, 7) is 3.48. The maximum absolute atomic E-state index is 12.3. The van der Waals surface area contributed by atoms with Gasteiger partial charge < -0.3 is 20.5 Å². The van der Waals surface area contributed by atoms with Gasteiger partial charge >= 0.3 is 12.1 Å². The average Bonchev–Trinajstić information content (AvgIpc) is 3.05. The van der Waals surface area contributed by atoms with Gasteiger partial charge in [0.2, 0.25) is 5.91 Å². The SMILES string of the molecule is CCC(CC(=O)O)NC(=O)C(C)NC(=O)OCC1c2ccccc2-c2ccccc21. The van der Waals surface area contributed by atoms with Crippen LogP contribution in [0.1, 0.15) is 43.7 Å². The third-order valence-electron chi connectivity index (χ3n) is 5.33. The van der Waals surface area contributed by atoms with E-state index in [0.717, 1.165) is 22.3 Å². The highest BCUT2D eigenvalue weighted by Crippen LogP contribution is 2.44. The smallest absolute Gasteiger partial charge is 0.407 e. The van der Waals surface area contributed by atoms with Crippen LogP contribution < -0.4 is 10.6 Å². The first-order chi connectivity index (χ1) is 14.4. The van der Waals surface area contributed by atoms with Gasteiger partial charge in [-0.25, -0.2) is 4.79 Å². The van der Waals surface area contributed by atoms with E-state index in [4.69, 9.17) is 9.84 Å². The lowest BCUT2D eigenvalue weighted by Crippen LogP contribution is -2.48. The fraction of sp³-hybridized carbons (Fsp3) is 0.348. The summed E-state index contributed by atoms with van der Waals surface area (Å²) in [4.78, 5) is 35.4. The highest BCUT2D eigenvalue weighted by molar-refractivity contribution is 5.86. The lowest BCUT2D eigenvalue weighted by atomic mass is 9.98. The lowest BCUT2D eigenvalue weighted by molar-refractivity contribution is -0.137. The Morgan fingerprint density at radius 1 is 1.00 bits per heavy atom. The molecule has 0 spiro atoms. The topological polar surface area (TPSA) is 105 Å². The minimum absolute atomic E-state index is 0.0627. The second-order valence-corrected chi connectivity index (χ2v) is 7.40. The van der Waals surface area contributed by atoms with Crippen LogP contribution in [0, 0.1) is 0 Å². The van der Waals surface area contributed by atoms with E-state index in [9.17, 15) is 14.4 Å². The number of carbonyl (C=O) groups is 3. The Bertz CT molecular complexity index is 897. The highest BCUT2D eigenvalue weighted by Gasteiger charge is 2.29. The predicted octanol–water partition coefficient (Wildman–Crippen LogP) is 3.28. The van der Waals surface area contributed by atoms with Gasteiger partial charge in [0.15, 0.2) is 0 Å². The predicted molar refractivity (Wildman–Crippen MR) is 112 cm³/mol. The quantitative estimate of drug-likeness (QED) is 0.619. The summed E-state index contributed by atoms with van der Waals surface area (Å²) in [6, 6.07) is 14.8. The molecule has 0 fully saturated rings. The minimum atomic E-state index is -0.987. The Morgan fingerprint density at radius 3 is 2.10 bits per heavy atom. The zero-order chi connectivity index (χ0) is 21.7. The van der Waals surface area contributed by atoms with E-state index in [1.165, 1.54) is 6.92 Å². The Morgan fingerprint density at radius 2 is 1.57 bits per heavy atom. The Balaban J connectivity index is 1.57. The molecule has 0 heterocycles. The van der Waals surface area contributed by atoms with Crippen molar-refractivity contribution < 1.29 is 24.2 Å². The van der Waals surface area contributed by atoms with Crippen LogP contribution in [0.2, 0.25) is 0 Å². The van der Waals surface area contributed by atoms with Crippen LogP contribution >= 0.6 is 0 Å². The molecule has 158 valence electrons. The van der Waals surface area contributed by atoms with Gasteiger partial charge in [-0.3, -0.25) is 9.59 Å². The Labute approximate surface area is 175 Å². The summed E-state index contributed by atoms with van der Waals surface area (Å²) in [6.07, 6.45) is -0.374. The van der Waals surface area contributed by atoms with Gasteiger partial charge in [-0.2, -0.15) is 0 Å². The molecule has 0 aromatic heterocycles. The molecule has 2 amide bonds. The molecule has 0 bridgehead atoms. The Hall–Kier alpha value is -3.35. The standard InChI is InChI=1S/C23H26N2O5/c1-3-15(12-21(26)27)25-22(28)14(2)24-23(29)30-13-20-18-10-6-4-8-16(18)17-9-5-7-11-19(17)20/h4-11,14-15,20H,3,12-13H2,1-2H3,(H,24,29)(H,25,28)(H,26,27). The molecule has 0 saturated heterocycles. The number of carbonyl (C=O) groups excluding carboxylic acids is 2. The number of carboxylic acids is 1. The molecule has 2 aromatic carbocycles. The van der Waals surface area contributed by atoms with Crippen molar-refractivity contribution in [2.75, 3.05) is 6.61 Å². The van der Waals surface area contributed by atoms with Gasteiger partial charge in [-0.05, 0) is 35.6 Å². The van der Waals surface area contributed by atoms with Crippen molar-refractivity contribution in [1.29, 1.82) is 0 Å². The van der Waals surface area contributed by atoms with E-state index < -0.39 is 30.1 Å². The molecule has 2 aromatic rings. The van der Waals surface area contributed by atoms with Gasteiger partial charge in [-0.1, -0.05) is 55.5 Å². The molecule has 3 N–H and O–H groups in total. The first-order valence-corrected chi connectivity index (χ1v) is 10.0. The Kier molecular flexibility index (Phi) is 6.72. The third kappa shape index (κ3) is 4.79. The van der Waals surface area contributed by atoms with Crippen LogP contribution in [0.4, 0.5) is 4.79 Å². The highest BCUT2D eigenvalue weighted by atomic mass is 16.5. The zero-order valence-corrected chi connectivity index (χ0v) is 17.1. The normalized spacial score (nSPS) is 14.2. The largest absolute Gasteiger partial charge is 0.481 e. The van der Waals surface area contributed by atoms with E-state index in [0.29, 0.717) is 6.42 Å². The lowest BCUT2D eigenvalue weighted by Gasteiger charge is -2.20. The number of nitrogens with one attached hydrogen (secondary N) is 2. The maximum Gasteiger partial charge on any atom is 0.407 e. The van der Waals surface area contributed by atoms with E-state index >= 15 is 0 Å². The number of hydrogen-bond acceptors (Lipinski definition) is 4. The molecule has 30 heavy (non-hydrogen) atoms. The van der Waals surface area contributed by atoms with E-state index in [-0.39, 0.29) is 18.9 Å². The van der Waals surface area contributed by atoms with Crippen molar-refractivity contribution in [3.63, 3.8) is 0 Å². The number of hydrogen-bond donors (Lipinski definition) is 3. The number of amides is 2. The number of carboxylic acid groups (broad SMARTS) is 1. The van der Waals surface area contributed by atoms with Crippen molar-refractivity contribution in [3.8, 4) is 11.1 Å². The summed E-state index contributed by atoms with van der Waals surface area (Å²) in [5.74, 6) is -1.50. The molecule has 3 rings (SSSR count). The molecule has 2 atom stereocenters. The fourth-order valence-corrected chi connectivity index (χ4v) is 3.72. The first kappa shape index (κ1) is 21.4.